The van der Waals surface area contributed by atoms with Gasteiger partial charge in [0.25, 0.3) is 5.91 Å². The smallest absolute Gasteiger partial charge is 0.268 e. The lowest BCUT2D eigenvalue weighted by molar-refractivity contribution is 0.0754. The number of benzene rings is 1. The number of aliphatic hydroxyl groups excluding tert-OH is 2. The molecule has 4 N–H and O–H groups in total. The van der Waals surface area contributed by atoms with E-state index in [9.17, 15) is 23.4 Å². The zero-order valence-electron chi connectivity index (χ0n) is 21.0. The van der Waals surface area contributed by atoms with Gasteiger partial charge in [0, 0.05) is 30.7 Å². The third-order valence-corrected chi connectivity index (χ3v) is 6.28. The Morgan fingerprint density at radius 2 is 1.84 bits per heavy atom. The molecule has 0 saturated heterocycles. The first-order valence-corrected chi connectivity index (χ1v) is 13.3. The van der Waals surface area contributed by atoms with E-state index in [2.05, 4.69) is 15.3 Å². The molecule has 1 aromatic carbocycles. The number of pyridine rings is 1. The number of H-pyrrole nitrogens is 1. The number of methoxy groups -OCH3 is 1. The van der Waals surface area contributed by atoms with E-state index >= 15 is 0 Å². The van der Waals surface area contributed by atoms with Crippen molar-refractivity contribution < 1.29 is 37.6 Å². The van der Waals surface area contributed by atoms with Crippen molar-refractivity contribution in [2.24, 2.45) is 0 Å². The zero-order valence-corrected chi connectivity index (χ0v) is 21.8. The van der Waals surface area contributed by atoms with Gasteiger partial charge >= 0.3 is 0 Å². The summed E-state index contributed by atoms with van der Waals surface area (Å²) in [5, 5.41) is 21.6. The molecular weight excluding hydrogens is 502 g/mol. The standard InChI is InChI=1S/C25H31N3O8S/c1-15(14-34-3)35-19-9-17(21-6-7-22(27-21)25(31)28-23(13-29)16(2)30)10-20(11-19)36-18-5-8-24(26-12-18)37(4,32)33/h5-12,15-16,23,27,29-30H,13-14H2,1-4H3,(H,28,31)/t15-,16-,23-/m0/s1. The van der Waals surface area contributed by atoms with Gasteiger partial charge in [-0.2, -0.15) is 0 Å². The Morgan fingerprint density at radius 1 is 1.11 bits per heavy atom. The summed E-state index contributed by atoms with van der Waals surface area (Å²) in [5.74, 6) is 0.704. The molecule has 0 spiro atoms. The highest BCUT2D eigenvalue weighted by Crippen LogP contribution is 2.33. The number of carbonyl (C=O) groups excluding carboxylic acids is 1. The van der Waals surface area contributed by atoms with Crippen molar-refractivity contribution in [3.63, 3.8) is 0 Å². The number of aliphatic hydroxyl groups is 2. The van der Waals surface area contributed by atoms with Crippen molar-refractivity contribution >= 4 is 15.7 Å². The third-order valence-electron chi connectivity index (χ3n) is 5.28. The molecule has 0 bridgehead atoms. The quantitative estimate of drug-likeness (QED) is 0.273. The van der Waals surface area contributed by atoms with Gasteiger partial charge in [-0.3, -0.25) is 4.79 Å². The monoisotopic (exact) mass is 533 g/mol. The lowest BCUT2D eigenvalue weighted by atomic mass is 10.1. The third kappa shape index (κ3) is 7.76. The molecule has 11 nitrogen and oxygen atoms in total. The number of hydrogen-bond donors (Lipinski definition) is 4. The van der Waals surface area contributed by atoms with Crippen molar-refractivity contribution in [3.8, 4) is 28.5 Å². The highest BCUT2D eigenvalue weighted by atomic mass is 32.2. The summed E-state index contributed by atoms with van der Waals surface area (Å²) in [4.78, 5) is 19.5. The first-order valence-electron chi connectivity index (χ1n) is 11.4. The minimum atomic E-state index is -3.44. The molecular formula is C25H31N3O8S. The fraction of sp³-hybridized carbons (Fsp3) is 0.360. The van der Waals surface area contributed by atoms with Gasteiger partial charge in [0.2, 0.25) is 0 Å². The number of rotatable bonds is 12. The van der Waals surface area contributed by atoms with Crippen LogP contribution in [0.1, 0.15) is 24.3 Å². The van der Waals surface area contributed by atoms with E-state index in [1.54, 1.807) is 37.4 Å². The number of nitrogens with zero attached hydrogens (tertiary/aromatic N) is 1. The number of hydrogen-bond acceptors (Lipinski definition) is 9. The number of ether oxygens (including phenoxy) is 3. The average molecular weight is 534 g/mol. The Balaban J connectivity index is 1.90. The number of sulfone groups is 1. The van der Waals surface area contributed by atoms with E-state index < -0.39 is 34.5 Å². The van der Waals surface area contributed by atoms with Crippen LogP contribution in [0.2, 0.25) is 0 Å². The van der Waals surface area contributed by atoms with E-state index in [4.69, 9.17) is 14.2 Å². The molecule has 0 fully saturated rings. The van der Waals surface area contributed by atoms with Crippen LogP contribution in [0.5, 0.6) is 17.2 Å². The van der Waals surface area contributed by atoms with Crippen LogP contribution >= 0.6 is 0 Å². The molecule has 2 aromatic heterocycles. The topological polar surface area (TPSA) is 160 Å². The molecule has 200 valence electrons. The molecule has 3 rings (SSSR count). The van der Waals surface area contributed by atoms with Gasteiger partial charge in [-0.25, -0.2) is 13.4 Å². The number of amides is 1. The first kappa shape index (κ1) is 28.1. The molecule has 0 radical (unpaired) electrons. The van der Waals surface area contributed by atoms with Crippen molar-refractivity contribution in [1.82, 2.24) is 15.3 Å². The molecule has 3 atom stereocenters. The van der Waals surface area contributed by atoms with E-state index in [0.29, 0.717) is 35.1 Å². The van der Waals surface area contributed by atoms with Gasteiger partial charge in [0.05, 0.1) is 31.6 Å². The predicted octanol–water partition coefficient (Wildman–Crippen LogP) is 2.16. The lowest BCUT2D eigenvalue weighted by Crippen LogP contribution is -2.44. The van der Waals surface area contributed by atoms with Gasteiger partial charge in [0.1, 0.15) is 29.0 Å². The Labute approximate surface area is 215 Å². The SMILES string of the molecule is COC[C@H](C)Oc1cc(Oc2ccc(S(C)(=O)=O)nc2)cc(-c2ccc(C(=O)N[C@@H](CO)[C@H](C)O)[nH]2)c1. The van der Waals surface area contributed by atoms with Crippen LogP contribution in [-0.4, -0.2) is 79.3 Å². The van der Waals surface area contributed by atoms with Crippen LogP contribution in [0.15, 0.2) is 53.7 Å². The summed E-state index contributed by atoms with van der Waals surface area (Å²) in [6, 6.07) is 10.5. The Bertz CT molecular complexity index is 1310. The molecule has 0 unspecified atom stereocenters. The summed E-state index contributed by atoms with van der Waals surface area (Å²) in [5.41, 5.74) is 1.46. The Kier molecular flexibility index (Phi) is 9.27. The van der Waals surface area contributed by atoms with Crippen LogP contribution < -0.4 is 14.8 Å². The van der Waals surface area contributed by atoms with Crippen LogP contribution in [0, 0.1) is 0 Å². The predicted molar refractivity (Wildman–Crippen MR) is 136 cm³/mol. The van der Waals surface area contributed by atoms with Gasteiger partial charge in [-0.1, -0.05) is 0 Å². The van der Waals surface area contributed by atoms with Crippen molar-refractivity contribution in [2.45, 2.75) is 37.1 Å². The number of aromatic amines is 1. The molecule has 0 aliphatic heterocycles. The second kappa shape index (κ2) is 12.2. The fourth-order valence-corrected chi connectivity index (χ4v) is 3.96. The van der Waals surface area contributed by atoms with Gasteiger partial charge < -0.3 is 34.7 Å². The largest absolute Gasteiger partial charge is 0.488 e. The summed E-state index contributed by atoms with van der Waals surface area (Å²) < 4.78 is 40.4. The molecule has 3 aromatic rings. The molecule has 0 saturated carbocycles. The van der Waals surface area contributed by atoms with Crippen LogP contribution in [0.3, 0.4) is 0 Å². The first-order chi connectivity index (χ1) is 17.5. The maximum atomic E-state index is 12.6. The number of carbonyl (C=O) groups is 1. The molecule has 2 heterocycles. The fourth-order valence-electron chi connectivity index (χ4n) is 3.40. The second-order valence-electron chi connectivity index (χ2n) is 8.57. The summed E-state index contributed by atoms with van der Waals surface area (Å²) >= 11 is 0. The molecule has 0 aliphatic carbocycles. The van der Waals surface area contributed by atoms with Gasteiger partial charge in [-0.05, 0) is 50.2 Å². The number of aromatic nitrogens is 2. The molecule has 12 heteroatoms. The van der Waals surface area contributed by atoms with Gasteiger partial charge in [-0.15, -0.1) is 0 Å². The summed E-state index contributed by atoms with van der Waals surface area (Å²) in [6.45, 7) is 3.28. The van der Waals surface area contributed by atoms with Crippen LogP contribution in [0.4, 0.5) is 0 Å². The highest BCUT2D eigenvalue weighted by molar-refractivity contribution is 7.90. The van der Waals surface area contributed by atoms with E-state index in [1.807, 2.05) is 6.92 Å². The summed E-state index contributed by atoms with van der Waals surface area (Å²) in [6.07, 6.45) is 1.20. The van der Waals surface area contributed by atoms with Gasteiger partial charge in [0.15, 0.2) is 14.9 Å². The van der Waals surface area contributed by atoms with Crippen LogP contribution in [-0.2, 0) is 14.6 Å². The maximum absolute atomic E-state index is 12.6. The zero-order chi connectivity index (χ0) is 27.2. The average Bonchev–Trinajstić information content (AvgIpc) is 3.32. The van der Waals surface area contributed by atoms with E-state index in [-0.39, 0.29) is 16.8 Å². The maximum Gasteiger partial charge on any atom is 0.268 e. The minimum absolute atomic E-state index is 0.0674. The van der Waals surface area contributed by atoms with E-state index in [0.717, 1.165) is 6.26 Å². The second-order valence-corrected chi connectivity index (χ2v) is 10.5. The number of nitrogens with one attached hydrogen (secondary N) is 2. The molecule has 37 heavy (non-hydrogen) atoms. The van der Waals surface area contributed by atoms with Crippen LogP contribution in [0.25, 0.3) is 11.3 Å². The van der Waals surface area contributed by atoms with Crippen molar-refractivity contribution in [1.29, 1.82) is 0 Å². The normalized spacial score (nSPS) is 14.0. The Hall–Kier alpha value is -3.45. The molecule has 1 amide bonds. The minimum Gasteiger partial charge on any atom is -0.488 e. The Morgan fingerprint density at radius 3 is 2.43 bits per heavy atom. The lowest BCUT2D eigenvalue weighted by Gasteiger charge is -2.18. The molecule has 0 aliphatic rings. The van der Waals surface area contributed by atoms with E-state index in [1.165, 1.54) is 25.3 Å². The van der Waals surface area contributed by atoms with Crippen molar-refractivity contribution in [2.75, 3.05) is 26.6 Å². The summed E-state index contributed by atoms with van der Waals surface area (Å²) in [7, 11) is -1.87. The highest BCUT2D eigenvalue weighted by Gasteiger charge is 2.19. The van der Waals surface area contributed by atoms with Crippen molar-refractivity contribution in [3.05, 3.63) is 54.4 Å².